The Bertz CT molecular complexity index is 267. The van der Waals surface area contributed by atoms with Gasteiger partial charge in [0, 0.05) is 30.7 Å². The van der Waals surface area contributed by atoms with Crippen LogP contribution in [0, 0.1) is 5.92 Å². The van der Waals surface area contributed by atoms with E-state index < -0.39 is 0 Å². The summed E-state index contributed by atoms with van der Waals surface area (Å²) >= 11 is 0. The van der Waals surface area contributed by atoms with Crippen LogP contribution in [0.3, 0.4) is 0 Å². The summed E-state index contributed by atoms with van der Waals surface area (Å²) in [7, 11) is 0. The topological polar surface area (TPSA) is 64.4 Å². The van der Waals surface area contributed by atoms with E-state index in [1.807, 2.05) is 0 Å². The van der Waals surface area contributed by atoms with E-state index in [4.69, 9.17) is 10.5 Å². The first kappa shape index (κ1) is 12.8. The summed E-state index contributed by atoms with van der Waals surface area (Å²) in [4.78, 5) is 12.2. The highest BCUT2D eigenvalue weighted by atomic mass is 16.5. The minimum Gasteiger partial charge on any atom is -0.381 e. The van der Waals surface area contributed by atoms with Crippen molar-refractivity contribution in [3.05, 3.63) is 0 Å². The number of rotatable bonds is 2. The lowest BCUT2D eigenvalue weighted by Gasteiger charge is -2.36. The van der Waals surface area contributed by atoms with Gasteiger partial charge in [0.05, 0.1) is 0 Å². The molecule has 1 aliphatic carbocycles. The zero-order chi connectivity index (χ0) is 12.3. The van der Waals surface area contributed by atoms with Gasteiger partial charge in [-0.3, -0.25) is 4.79 Å². The van der Waals surface area contributed by atoms with Gasteiger partial charge in [-0.25, -0.2) is 0 Å². The molecule has 4 nitrogen and oxygen atoms in total. The quantitative estimate of drug-likeness (QED) is 0.762. The minimum atomic E-state index is -0.0606. The standard InChI is InChI=1S/C13H24N2O2/c1-13(6-8-17-9-7-13)15-12(16)10-2-4-11(14)5-3-10/h10-11H,2-9,14H2,1H3,(H,15,16). The molecule has 0 spiro atoms. The summed E-state index contributed by atoms with van der Waals surface area (Å²) < 4.78 is 5.34. The van der Waals surface area contributed by atoms with Crippen LogP contribution in [0.25, 0.3) is 0 Å². The zero-order valence-electron chi connectivity index (χ0n) is 10.7. The third kappa shape index (κ3) is 3.42. The first-order valence-electron chi connectivity index (χ1n) is 6.74. The third-order valence-electron chi connectivity index (χ3n) is 4.16. The van der Waals surface area contributed by atoms with Gasteiger partial charge < -0.3 is 15.8 Å². The molecule has 0 bridgehead atoms. The molecule has 2 rings (SSSR count). The zero-order valence-corrected chi connectivity index (χ0v) is 10.7. The van der Waals surface area contributed by atoms with Crippen molar-refractivity contribution in [3.8, 4) is 0 Å². The normalized spacial score (nSPS) is 33.1. The van der Waals surface area contributed by atoms with Crippen molar-refractivity contribution in [2.45, 2.75) is 57.0 Å². The first-order chi connectivity index (χ1) is 8.09. The molecule has 4 heteroatoms. The summed E-state index contributed by atoms with van der Waals surface area (Å²) in [6.45, 7) is 3.64. The number of nitrogens with two attached hydrogens (primary N) is 1. The summed E-state index contributed by atoms with van der Waals surface area (Å²) in [5.41, 5.74) is 5.80. The van der Waals surface area contributed by atoms with Crippen LogP contribution in [-0.4, -0.2) is 30.7 Å². The number of carbonyl (C=O) groups is 1. The number of hydrogen-bond acceptors (Lipinski definition) is 3. The van der Waals surface area contributed by atoms with Crippen molar-refractivity contribution in [3.63, 3.8) is 0 Å². The third-order valence-corrected chi connectivity index (χ3v) is 4.16. The Labute approximate surface area is 103 Å². The monoisotopic (exact) mass is 240 g/mol. The van der Waals surface area contributed by atoms with Gasteiger partial charge in [0.2, 0.25) is 5.91 Å². The van der Waals surface area contributed by atoms with Crippen LogP contribution in [0.4, 0.5) is 0 Å². The second-order valence-electron chi connectivity index (χ2n) is 5.77. The van der Waals surface area contributed by atoms with Crippen LogP contribution in [0.2, 0.25) is 0 Å². The van der Waals surface area contributed by atoms with Gasteiger partial charge in [-0.1, -0.05) is 0 Å². The van der Waals surface area contributed by atoms with Crippen molar-refractivity contribution in [1.82, 2.24) is 5.32 Å². The summed E-state index contributed by atoms with van der Waals surface area (Å²) in [5, 5.41) is 3.22. The average Bonchev–Trinajstić information content (AvgIpc) is 2.30. The largest absolute Gasteiger partial charge is 0.381 e. The molecule has 1 heterocycles. The predicted molar refractivity (Wildman–Crippen MR) is 66.5 cm³/mol. The van der Waals surface area contributed by atoms with Crippen LogP contribution in [-0.2, 0) is 9.53 Å². The van der Waals surface area contributed by atoms with Gasteiger partial charge in [-0.2, -0.15) is 0 Å². The van der Waals surface area contributed by atoms with E-state index in [2.05, 4.69) is 12.2 Å². The van der Waals surface area contributed by atoms with E-state index in [9.17, 15) is 4.79 Å². The van der Waals surface area contributed by atoms with Gasteiger partial charge in [0.1, 0.15) is 0 Å². The molecule has 0 unspecified atom stereocenters. The van der Waals surface area contributed by atoms with Crippen molar-refractivity contribution in [1.29, 1.82) is 0 Å². The molecule has 3 N–H and O–H groups in total. The summed E-state index contributed by atoms with van der Waals surface area (Å²) in [6, 6.07) is 0.303. The van der Waals surface area contributed by atoms with E-state index in [1.54, 1.807) is 0 Å². The first-order valence-corrected chi connectivity index (χ1v) is 6.74. The molecule has 98 valence electrons. The van der Waals surface area contributed by atoms with E-state index in [0.29, 0.717) is 6.04 Å². The number of ether oxygens (including phenoxy) is 1. The van der Waals surface area contributed by atoms with Gasteiger partial charge in [0.25, 0.3) is 0 Å². The lowest BCUT2D eigenvalue weighted by molar-refractivity contribution is -0.129. The van der Waals surface area contributed by atoms with Crippen molar-refractivity contribution < 1.29 is 9.53 Å². The average molecular weight is 240 g/mol. The smallest absolute Gasteiger partial charge is 0.223 e. The fourth-order valence-corrected chi connectivity index (χ4v) is 2.73. The predicted octanol–water partition coefficient (Wildman–Crippen LogP) is 1.19. The van der Waals surface area contributed by atoms with E-state index >= 15 is 0 Å². The van der Waals surface area contributed by atoms with Crippen molar-refractivity contribution in [2.24, 2.45) is 11.7 Å². The number of nitrogens with one attached hydrogen (secondary N) is 1. The highest BCUT2D eigenvalue weighted by Crippen LogP contribution is 2.26. The fourth-order valence-electron chi connectivity index (χ4n) is 2.73. The number of amides is 1. The number of hydrogen-bond donors (Lipinski definition) is 2. The molecule has 2 aliphatic rings. The Hall–Kier alpha value is -0.610. The molecule has 2 fully saturated rings. The Morgan fingerprint density at radius 1 is 1.24 bits per heavy atom. The lowest BCUT2D eigenvalue weighted by Crippen LogP contribution is -2.52. The number of carbonyl (C=O) groups excluding carboxylic acids is 1. The maximum atomic E-state index is 12.2. The van der Waals surface area contributed by atoms with Crippen LogP contribution in [0.5, 0.6) is 0 Å². The molecule has 17 heavy (non-hydrogen) atoms. The molecule has 1 aliphatic heterocycles. The summed E-state index contributed by atoms with van der Waals surface area (Å²) in [6.07, 6.45) is 5.70. The SMILES string of the molecule is CC1(NC(=O)C2CCC(N)CC2)CCOCC1. The van der Waals surface area contributed by atoms with Crippen LogP contribution in [0.15, 0.2) is 0 Å². The lowest BCUT2D eigenvalue weighted by atomic mass is 9.84. The molecule has 0 aromatic rings. The van der Waals surface area contributed by atoms with Crippen LogP contribution >= 0.6 is 0 Å². The van der Waals surface area contributed by atoms with Crippen molar-refractivity contribution >= 4 is 5.91 Å². The summed E-state index contributed by atoms with van der Waals surface area (Å²) in [5.74, 6) is 0.399. The molecule has 0 aromatic carbocycles. The second kappa shape index (κ2) is 5.36. The Morgan fingerprint density at radius 3 is 2.41 bits per heavy atom. The Balaban J connectivity index is 1.83. The molecule has 0 radical (unpaired) electrons. The molecule has 1 saturated heterocycles. The van der Waals surface area contributed by atoms with Gasteiger partial charge in [-0.15, -0.1) is 0 Å². The van der Waals surface area contributed by atoms with E-state index in [1.165, 1.54) is 0 Å². The Morgan fingerprint density at radius 2 is 1.82 bits per heavy atom. The molecular formula is C13H24N2O2. The Kier molecular flexibility index (Phi) is 4.05. The van der Waals surface area contributed by atoms with Gasteiger partial charge in [0.15, 0.2) is 0 Å². The second-order valence-corrected chi connectivity index (χ2v) is 5.77. The van der Waals surface area contributed by atoms with Crippen LogP contribution in [0.1, 0.15) is 45.4 Å². The van der Waals surface area contributed by atoms with E-state index in [0.717, 1.165) is 51.7 Å². The molecule has 0 aromatic heterocycles. The van der Waals surface area contributed by atoms with Crippen molar-refractivity contribution in [2.75, 3.05) is 13.2 Å². The molecule has 1 amide bonds. The molecule has 1 saturated carbocycles. The minimum absolute atomic E-state index is 0.0606. The van der Waals surface area contributed by atoms with Gasteiger partial charge >= 0.3 is 0 Å². The van der Waals surface area contributed by atoms with Crippen LogP contribution < -0.4 is 11.1 Å². The van der Waals surface area contributed by atoms with E-state index in [-0.39, 0.29) is 17.4 Å². The maximum absolute atomic E-state index is 12.2. The highest BCUT2D eigenvalue weighted by molar-refractivity contribution is 5.79. The highest BCUT2D eigenvalue weighted by Gasteiger charge is 2.32. The maximum Gasteiger partial charge on any atom is 0.223 e. The fraction of sp³-hybridized carbons (Fsp3) is 0.923. The van der Waals surface area contributed by atoms with Gasteiger partial charge in [-0.05, 0) is 45.4 Å². The molecule has 0 atom stereocenters. The molecular weight excluding hydrogens is 216 g/mol.